The Balaban J connectivity index is 1.81. The summed E-state index contributed by atoms with van der Waals surface area (Å²) >= 11 is 0. The lowest BCUT2D eigenvalue weighted by molar-refractivity contribution is 0.369. The summed E-state index contributed by atoms with van der Waals surface area (Å²) in [6, 6.07) is 2.11. The molecule has 4 heteroatoms. The van der Waals surface area contributed by atoms with Gasteiger partial charge in [-0.2, -0.15) is 0 Å². The van der Waals surface area contributed by atoms with Crippen LogP contribution in [0.1, 0.15) is 24.4 Å². The molecular weight excluding hydrogens is 212 g/mol. The summed E-state index contributed by atoms with van der Waals surface area (Å²) in [7, 11) is 0. The smallest absolute Gasteiger partial charge is 0.132 e. The maximum atomic E-state index is 4.56. The molecule has 3 rings (SSSR count). The van der Waals surface area contributed by atoms with Crippen molar-refractivity contribution in [2.75, 3.05) is 31.1 Å². The number of hydrogen-bond acceptors (Lipinski definition) is 4. The number of nitrogens with zero attached hydrogens (tertiary/aromatic N) is 3. The van der Waals surface area contributed by atoms with Gasteiger partial charge < -0.3 is 10.2 Å². The van der Waals surface area contributed by atoms with Crippen LogP contribution in [0.4, 0.5) is 5.82 Å². The third kappa shape index (κ3) is 2.02. The first kappa shape index (κ1) is 11.0. The van der Waals surface area contributed by atoms with Crippen LogP contribution in [0.5, 0.6) is 0 Å². The second-order valence-electron chi connectivity index (χ2n) is 5.51. The molecule has 0 aromatic carbocycles. The molecule has 1 unspecified atom stereocenters. The second-order valence-corrected chi connectivity index (χ2v) is 5.51. The lowest BCUT2D eigenvalue weighted by Crippen LogP contribution is -2.29. The van der Waals surface area contributed by atoms with Gasteiger partial charge in [-0.25, -0.2) is 9.97 Å². The van der Waals surface area contributed by atoms with Crippen LogP contribution in [0.3, 0.4) is 0 Å². The van der Waals surface area contributed by atoms with Crippen LogP contribution >= 0.6 is 0 Å². The molecule has 0 radical (unpaired) electrons. The van der Waals surface area contributed by atoms with Crippen LogP contribution in [0.15, 0.2) is 6.07 Å². The van der Waals surface area contributed by atoms with E-state index in [2.05, 4.69) is 26.3 Å². The Labute approximate surface area is 102 Å². The SMILES string of the molecule is Cc1cc(N2CCC3(CCNC3)C2)nc(C)n1. The fourth-order valence-electron chi connectivity index (χ4n) is 3.13. The Morgan fingerprint density at radius 1 is 1.29 bits per heavy atom. The Kier molecular flexibility index (Phi) is 2.54. The van der Waals surface area contributed by atoms with E-state index in [1.807, 2.05) is 13.8 Å². The molecule has 1 atom stereocenters. The van der Waals surface area contributed by atoms with E-state index in [4.69, 9.17) is 0 Å². The highest BCUT2D eigenvalue weighted by Crippen LogP contribution is 2.37. The molecule has 92 valence electrons. The van der Waals surface area contributed by atoms with Crippen LogP contribution in [0, 0.1) is 19.3 Å². The largest absolute Gasteiger partial charge is 0.356 e. The fraction of sp³-hybridized carbons (Fsp3) is 0.692. The first-order valence-electron chi connectivity index (χ1n) is 6.45. The lowest BCUT2D eigenvalue weighted by Gasteiger charge is -2.23. The van der Waals surface area contributed by atoms with E-state index >= 15 is 0 Å². The monoisotopic (exact) mass is 232 g/mol. The number of aromatic nitrogens is 2. The summed E-state index contributed by atoms with van der Waals surface area (Å²) in [5.41, 5.74) is 1.57. The van der Waals surface area contributed by atoms with Gasteiger partial charge in [-0.15, -0.1) is 0 Å². The summed E-state index contributed by atoms with van der Waals surface area (Å²) in [6.45, 7) is 8.65. The number of hydrogen-bond donors (Lipinski definition) is 1. The van der Waals surface area contributed by atoms with Crippen molar-refractivity contribution in [2.24, 2.45) is 5.41 Å². The Hall–Kier alpha value is -1.16. The molecule has 1 N–H and O–H groups in total. The van der Waals surface area contributed by atoms with Gasteiger partial charge in [0.15, 0.2) is 0 Å². The van der Waals surface area contributed by atoms with Gasteiger partial charge in [0.2, 0.25) is 0 Å². The first-order chi connectivity index (χ1) is 8.17. The van der Waals surface area contributed by atoms with E-state index < -0.39 is 0 Å². The van der Waals surface area contributed by atoms with E-state index in [9.17, 15) is 0 Å². The zero-order valence-electron chi connectivity index (χ0n) is 10.7. The van der Waals surface area contributed by atoms with Gasteiger partial charge in [-0.1, -0.05) is 0 Å². The van der Waals surface area contributed by atoms with Gasteiger partial charge in [0.25, 0.3) is 0 Å². The number of anilines is 1. The standard InChI is InChI=1S/C13H20N4/c1-10-7-12(16-11(2)15-10)17-6-4-13(9-17)3-5-14-8-13/h7,14H,3-6,8-9H2,1-2H3. The third-order valence-corrected chi connectivity index (χ3v) is 4.05. The molecule has 2 saturated heterocycles. The Morgan fingerprint density at radius 3 is 2.88 bits per heavy atom. The van der Waals surface area contributed by atoms with Crippen LogP contribution in [-0.4, -0.2) is 36.1 Å². The van der Waals surface area contributed by atoms with Gasteiger partial charge in [-0.05, 0) is 33.2 Å². The quantitative estimate of drug-likeness (QED) is 0.792. The summed E-state index contributed by atoms with van der Waals surface area (Å²) in [5.74, 6) is 1.99. The normalized spacial score (nSPS) is 28.2. The van der Waals surface area contributed by atoms with Gasteiger partial charge >= 0.3 is 0 Å². The molecule has 17 heavy (non-hydrogen) atoms. The minimum atomic E-state index is 0.507. The van der Waals surface area contributed by atoms with Crippen LogP contribution < -0.4 is 10.2 Å². The average Bonchev–Trinajstić information content (AvgIpc) is 2.88. The second kappa shape index (κ2) is 3.95. The maximum absolute atomic E-state index is 4.56. The highest BCUT2D eigenvalue weighted by molar-refractivity contribution is 5.41. The van der Waals surface area contributed by atoms with E-state index in [-0.39, 0.29) is 0 Å². The molecule has 0 aliphatic carbocycles. The van der Waals surface area contributed by atoms with Gasteiger partial charge in [0.1, 0.15) is 11.6 Å². The van der Waals surface area contributed by atoms with Crippen LogP contribution in [0.2, 0.25) is 0 Å². The van der Waals surface area contributed by atoms with E-state index in [0.717, 1.165) is 30.4 Å². The average molecular weight is 232 g/mol. The van der Waals surface area contributed by atoms with Crippen molar-refractivity contribution >= 4 is 5.82 Å². The Bertz CT molecular complexity index is 403. The third-order valence-electron chi connectivity index (χ3n) is 4.05. The summed E-state index contributed by atoms with van der Waals surface area (Å²) in [5, 5.41) is 3.49. The number of nitrogens with one attached hydrogen (secondary N) is 1. The van der Waals surface area contributed by atoms with Gasteiger partial charge in [0, 0.05) is 36.8 Å². The van der Waals surface area contributed by atoms with Crippen molar-refractivity contribution < 1.29 is 0 Å². The van der Waals surface area contributed by atoms with Gasteiger partial charge in [-0.3, -0.25) is 0 Å². The lowest BCUT2D eigenvalue weighted by atomic mass is 9.87. The number of rotatable bonds is 1. The van der Waals surface area contributed by atoms with Crippen molar-refractivity contribution in [3.8, 4) is 0 Å². The van der Waals surface area contributed by atoms with Gasteiger partial charge in [0.05, 0.1) is 0 Å². The van der Waals surface area contributed by atoms with Crippen LogP contribution in [0.25, 0.3) is 0 Å². The maximum Gasteiger partial charge on any atom is 0.132 e. The molecule has 2 aliphatic heterocycles. The molecule has 3 heterocycles. The summed E-state index contributed by atoms with van der Waals surface area (Å²) in [6.07, 6.45) is 2.61. The van der Waals surface area contributed by atoms with E-state index in [0.29, 0.717) is 5.41 Å². The predicted octanol–water partition coefficient (Wildman–Crippen LogP) is 1.28. The molecule has 1 aromatic rings. The fourth-order valence-corrected chi connectivity index (χ4v) is 3.13. The predicted molar refractivity (Wildman–Crippen MR) is 68.3 cm³/mol. The summed E-state index contributed by atoms with van der Waals surface area (Å²) in [4.78, 5) is 11.3. The molecule has 1 aromatic heterocycles. The minimum absolute atomic E-state index is 0.507. The number of aryl methyl sites for hydroxylation is 2. The molecule has 2 fully saturated rings. The molecule has 0 saturated carbocycles. The van der Waals surface area contributed by atoms with Crippen molar-refractivity contribution in [3.63, 3.8) is 0 Å². The molecular formula is C13H20N4. The zero-order valence-corrected chi connectivity index (χ0v) is 10.7. The van der Waals surface area contributed by atoms with Crippen molar-refractivity contribution in [3.05, 3.63) is 17.6 Å². The van der Waals surface area contributed by atoms with Crippen molar-refractivity contribution in [1.29, 1.82) is 0 Å². The van der Waals surface area contributed by atoms with E-state index in [1.165, 1.54) is 25.9 Å². The molecule has 0 amide bonds. The molecule has 0 bridgehead atoms. The summed E-state index contributed by atoms with van der Waals surface area (Å²) < 4.78 is 0. The topological polar surface area (TPSA) is 41.0 Å². The zero-order chi connectivity index (χ0) is 11.9. The highest BCUT2D eigenvalue weighted by atomic mass is 15.2. The molecule has 2 aliphatic rings. The highest BCUT2D eigenvalue weighted by Gasteiger charge is 2.40. The Morgan fingerprint density at radius 2 is 2.18 bits per heavy atom. The van der Waals surface area contributed by atoms with Crippen LogP contribution in [-0.2, 0) is 0 Å². The van der Waals surface area contributed by atoms with Crippen molar-refractivity contribution in [1.82, 2.24) is 15.3 Å². The molecule has 4 nitrogen and oxygen atoms in total. The minimum Gasteiger partial charge on any atom is -0.356 e. The first-order valence-corrected chi connectivity index (χ1v) is 6.45. The molecule has 1 spiro atoms. The van der Waals surface area contributed by atoms with Crippen molar-refractivity contribution in [2.45, 2.75) is 26.7 Å². The van der Waals surface area contributed by atoms with E-state index in [1.54, 1.807) is 0 Å².